The topological polar surface area (TPSA) is 51.5 Å². The Bertz CT molecular complexity index is 1010. The van der Waals surface area contributed by atoms with Crippen molar-refractivity contribution in [3.05, 3.63) is 69.9 Å². The lowest BCUT2D eigenvalue weighted by Gasteiger charge is -2.14. The molecular formula is C22H23FN2O3. The zero-order valence-corrected chi connectivity index (χ0v) is 16.7. The molecule has 0 atom stereocenters. The molecule has 5 nitrogen and oxygen atoms in total. The van der Waals surface area contributed by atoms with E-state index < -0.39 is 5.97 Å². The van der Waals surface area contributed by atoms with E-state index in [0.29, 0.717) is 23.4 Å². The third-order valence-corrected chi connectivity index (χ3v) is 5.07. The number of rotatable bonds is 4. The van der Waals surface area contributed by atoms with E-state index >= 15 is 0 Å². The standard InChI is InChI=1S/C22H23FN2O3/c1-6-24-15(4)20(22(27)28-5)19(21(24)26)12-16-11-13(2)25(14(16)3)18-9-7-17(23)8-10-18/h7-12H,6H2,1-5H3/b19-12+. The summed E-state index contributed by atoms with van der Waals surface area (Å²) in [4.78, 5) is 26.7. The lowest BCUT2D eigenvalue weighted by molar-refractivity contribution is -0.136. The molecule has 1 amide bonds. The van der Waals surface area contributed by atoms with E-state index in [4.69, 9.17) is 4.74 Å². The Morgan fingerprint density at radius 3 is 2.39 bits per heavy atom. The van der Waals surface area contributed by atoms with Gasteiger partial charge in [-0.05, 0) is 69.7 Å². The summed E-state index contributed by atoms with van der Waals surface area (Å²) in [6, 6.07) is 8.17. The third-order valence-electron chi connectivity index (χ3n) is 5.07. The van der Waals surface area contributed by atoms with Gasteiger partial charge in [0.05, 0.1) is 18.3 Å². The van der Waals surface area contributed by atoms with Crippen molar-refractivity contribution in [1.82, 2.24) is 9.47 Å². The smallest absolute Gasteiger partial charge is 0.340 e. The van der Waals surface area contributed by atoms with Crippen LogP contribution in [0.25, 0.3) is 11.8 Å². The molecule has 0 saturated heterocycles. The Morgan fingerprint density at radius 1 is 1.18 bits per heavy atom. The van der Waals surface area contributed by atoms with Crippen LogP contribution in [0.2, 0.25) is 0 Å². The van der Waals surface area contributed by atoms with Crippen LogP contribution in [0, 0.1) is 19.7 Å². The molecule has 0 unspecified atom stereocenters. The molecular weight excluding hydrogens is 359 g/mol. The Balaban J connectivity index is 2.13. The third kappa shape index (κ3) is 3.15. The number of carbonyl (C=O) groups is 2. The number of methoxy groups -OCH3 is 1. The summed E-state index contributed by atoms with van der Waals surface area (Å²) in [5.41, 5.74) is 4.69. The van der Waals surface area contributed by atoms with Crippen LogP contribution in [-0.4, -0.2) is 35.0 Å². The Hall–Kier alpha value is -3.15. The molecule has 6 heteroatoms. The molecule has 1 aromatic heterocycles. The molecule has 1 aromatic carbocycles. The highest BCUT2D eigenvalue weighted by Crippen LogP contribution is 2.33. The molecule has 2 aromatic rings. The number of hydrogen-bond donors (Lipinski definition) is 0. The fourth-order valence-corrected chi connectivity index (χ4v) is 3.69. The zero-order chi connectivity index (χ0) is 20.6. The van der Waals surface area contributed by atoms with E-state index in [2.05, 4.69) is 0 Å². The largest absolute Gasteiger partial charge is 0.465 e. The van der Waals surface area contributed by atoms with Crippen molar-refractivity contribution in [2.24, 2.45) is 0 Å². The van der Waals surface area contributed by atoms with Crippen LogP contribution in [0.1, 0.15) is 30.8 Å². The van der Waals surface area contributed by atoms with E-state index in [1.807, 2.05) is 31.4 Å². The van der Waals surface area contributed by atoms with Gasteiger partial charge in [0.25, 0.3) is 5.91 Å². The molecule has 0 saturated carbocycles. The fourth-order valence-electron chi connectivity index (χ4n) is 3.69. The number of likely N-dealkylation sites (N-methyl/N-ethyl adjacent to an activating group) is 1. The Morgan fingerprint density at radius 2 is 1.82 bits per heavy atom. The average Bonchev–Trinajstić information content (AvgIpc) is 3.08. The number of ether oxygens (including phenoxy) is 1. The van der Waals surface area contributed by atoms with Crippen LogP contribution >= 0.6 is 0 Å². The van der Waals surface area contributed by atoms with Crippen molar-refractivity contribution < 1.29 is 18.7 Å². The van der Waals surface area contributed by atoms with Crippen molar-refractivity contribution in [1.29, 1.82) is 0 Å². The van der Waals surface area contributed by atoms with Crippen molar-refractivity contribution >= 4 is 18.0 Å². The maximum atomic E-state index is 13.3. The number of hydrogen-bond acceptors (Lipinski definition) is 3. The van der Waals surface area contributed by atoms with Crippen molar-refractivity contribution in [3.8, 4) is 5.69 Å². The molecule has 0 N–H and O–H groups in total. The minimum Gasteiger partial charge on any atom is -0.465 e. The molecule has 0 spiro atoms. The van der Waals surface area contributed by atoms with Crippen LogP contribution in [0.5, 0.6) is 0 Å². The van der Waals surface area contributed by atoms with Crippen LogP contribution in [0.15, 0.2) is 47.2 Å². The lowest BCUT2D eigenvalue weighted by atomic mass is 10.0. The van der Waals surface area contributed by atoms with Gasteiger partial charge in [0.2, 0.25) is 0 Å². The predicted molar refractivity (Wildman–Crippen MR) is 105 cm³/mol. The Kier molecular flexibility index (Phi) is 5.23. The van der Waals surface area contributed by atoms with Gasteiger partial charge in [0.1, 0.15) is 5.82 Å². The fraction of sp³-hybridized carbons (Fsp3) is 0.273. The lowest BCUT2D eigenvalue weighted by Crippen LogP contribution is -2.24. The molecule has 3 rings (SSSR count). The molecule has 0 bridgehead atoms. The maximum Gasteiger partial charge on any atom is 0.340 e. The van der Waals surface area contributed by atoms with E-state index in [9.17, 15) is 14.0 Å². The molecule has 2 heterocycles. The first-order valence-electron chi connectivity index (χ1n) is 9.08. The first-order valence-corrected chi connectivity index (χ1v) is 9.08. The van der Waals surface area contributed by atoms with Crippen LogP contribution in [-0.2, 0) is 14.3 Å². The average molecular weight is 382 g/mol. The summed E-state index contributed by atoms with van der Waals surface area (Å²) in [7, 11) is 1.31. The molecule has 0 aliphatic carbocycles. The SMILES string of the molecule is CCN1C(=O)/C(=C/c2cc(C)n(-c3ccc(F)cc3)c2C)C(C(=O)OC)=C1C. The summed E-state index contributed by atoms with van der Waals surface area (Å²) < 4.78 is 20.2. The predicted octanol–water partition coefficient (Wildman–Crippen LogP) is 3.93. The number of amides is 1. The molecule has 0 radical (unpaired) electrons. The first kappa shape index (κ1) is 19.6. The van der Waals surface area contributed by atoms with Crippen LogP contribution in [0.3, 0.4) is 0 Å². The molecule has 146 valence electrons. The number of carbonyl (C=O) groups excluding carboxylic acids is 2. The van der Waals surface area contributed by atoms with Gasteiger partial charge in [-0.2, -0.15) is 0 Å². The minimum absolute atomic E-state index is 0.216. The molecule has 28 heavy (non-hydrogen) atoms. The quantitative estimate of drug-likeness (QED) is 0.595. The maximum absolute atomic E-state index is 13.3. The van der Waals surface area contributed by atoms with Gasteiger partial charge in [-0.25, -0.2) is 9.18 Å². The highest BCUT2D eigenvalue weighted by Gasteiger charge is 2.36. The second kappa shape index (κ2) is 7.46. The second-order valence-electron chi connectivity index (χ2n) is 6.70. The Labute approximate surface area is 163 Å². The van der Waals surface area contributed by atoms with E-state index in [1.54, 1.807) is 30.0 Å². The van der Waals surface area contributed by atoms with Gasteiger partial charge >= 0.3 is 5.97 Å². The number of esters is 1. The molecule has 0 fully saturated rings. The zero-order valence-electron chi connectivity index (χ0n) is 16.7. The minimum atomic E-state index is -0.527. The summed E-state index contributed by atoms with van der Waals surface area (Å²) >= 11 is 0. The van der Waals surface area contributed by atoms with Crippen LogP contribution < -0.4 is 0 Å². The summed E-state index contributed by atoms with van der Waals surface area (Å²) in [6.45, 7) is 7.94. The number of benzene rings is 1. The van der Waals surface area contributed by atoms with Crippen molar-refractivity contribution in [2.45, 2.75) is 27.7 Å². The second-order valence-corrected chi connectivity index (χ2v) is 6.70. The number of aromatic nitrogens is 1. The molecule has 1 aliphatic rings. The van der Waals surface area contributed by atoms with E-state index in [-0.39, 0.29) is 11.7 Å². The molecule has 1 aliphatic heterocycles. The van der Waals surface area contributed by atoms with Crippen molar-refractivity contribution in [2.75, 3.05) is 13.7 Å². The summed E-state index contributed by atoms with van der Waals surface area (Å²) in [5, 5.41) is 0. The highest BCUT2D eigenvalue weighted by atomic mass is 19.1. The van der Waals surface area contributed by atoms with Gasteiger partial charge in [-0.3, -0.25) is 4.79 Å². The van der Waals surface area contributed by atoms with Gasteiger partial charge < -0.3 is 14.2 Å². The van der Waals surface area contributed by atoms with Crippen molar-refractivity contribution in [3.63, 3.8) is 0 Å². The monoisotopic (exact) mass is 382 g/mol. The van der Waals surface area contributed by atoms with Gasteiger partial charge in [0.15, 0.2) is 0 Å². The first-order chi connectivity index (χ1) is 13.3. The number of halogens is 1. The van der Waals surface area contributed by atoms with E-state index in [1.165, 1.54) is 19.2 Å². The normalized spacial score (nSPS) is 15.7. The summed E-state index contributed by atoms with van der Waals surface area (Å²) in [5.74, 6) is -1.04. The number of allylic oxidation sites excluding steroid dienone is 1. The van der Waals surface area contributed by atoms with Crippen LogP contribution in [0.4, 0.5) is 4.39 Å². The van der Waals surface area contributed by atoms with Gasteiger partial charge in [0, 0.05) is 29.3 Å². The number of nitrogens with zero attached hydrogens (tertiary/aromatic N) is 2. The van der Waals surface area contributed by atoms with Gasteiger partial charge in [-0.1, -0.05) is 0 Å². The van der Waals surface area contributed by atoms with Gasteiger partial charge in [-0.15, -0.1) is 0 Å². The highest BCUT2D eigenvalue weighted by molar-refractivity contribution is 6.16. The number of aryl methyl sites for hydroxylation is 1. The summed E-state index contributed by atoms with van der Waals surface area (Å²) in [6.07, 6.45) is 1.73. The van der Waals surface area contributed by atoms with E-state index in [0.717, 1.165) is 22.6 Å².